The Hall–Kier alpha value is -1.75. The number of hydrogen-bond acceptors (Lipinski definition) is 4. The maximum absolute atomic E-state index is 11.9. The molecule has 0 radical (unpaired) electrons. The zero-order chi connectivity index (χ0) is 18.9. The lowest BCUT2D eigenvalue weighted by atomic mass is 9.86. The SMILES string of the molecule is Cc1cc(Cl)ccc1OCCCC(=O)OCC(=O)N[C@@H]1CCCC[C@@H]1C. The fourth-order valence-corrected chi connectivity index (χ4v) is 3.40. The number of rotatable bonds is 8. The topological polar surface area (TPSA) is 64.6 Å². The molecule has 0 unspecified atom stereocenters. The van der Waals surface area contributed by atoms with Crippen LogP contribution in [0.2, 0.25) is 5.02 Å². The molecule has 2 rings (SSSR count). The Morgan fingerprint density at radius 1 is 1.27 bits per heavy atom. The predicted molar refractivity (Wildman–Crippen MR) is 101 cm³/mol. The zero-order valence-corrected chi connectivity index (χ0v) is 16.3. The second-order valence-electron chi connectivity index (χ2n) is 6.96. The van der Waals surface area contributed by atoms with Gasteiger partial charge in [-0.15, -0.1) is 0 Å². The molecule has 0 spiro atoms. The number of hydrogen-bond donors (Lipinski definition) is 1. The van der Waals surface area contributed by atoms with Crippen molar-refractivity contribution in [3.8, 4) is 5.75 Å². The van der Waals surface area contributed by atoms with E-state index in [0.717, 1.165) is 30.6 Å². The molecule has 1 aromatic rings. The highest BCUT2D eigenvalue weighted by molar-refractivity contribution is 6.30. The van der Waals surface area contributed by atoms with E-state index in [-0.39, 0.29) is 30.9 Å². The molecule has 0 saturated heterocycles. The van der Waals surface area contributed by atoms with E-state index in [1.54, 1.807) is 6.07 Å². The molecule has 0 aliphatic heterocycles. The fraction of sp³-hybridized carbons (Fsp3) is 0.600. The molecular formula is C20H28ClNO4. The molecule has 6 heteroatoms. The molecule has 1 aliphatic rings. The highest BCUT2D eigenvalue weighted by Gasteiger charge is 2.23. The van der Waals surface area contributed by atoms with Gasteiger partial charge in [-0.2, -0.15) is 0 Å². The number of aryl methyl sites for hydroxylation is 1. The fourth-order valence-electron chi connectivity index (χ4n) is 3.17. The van der Waals surface area contributed by atoms with Gasteiger partial charge in [0, 0.05) is 17.5 Å². The maximum atomic E-state index is 11.9. The molecule has 1 N–H and O–H groups in total. The first kappa shape index (κ1) is 20.6. The highest BCUT2D eigenvalue weighted by atomic mass is 35.5. The molecule has 2 atom stereocenters. The molecule has 26 heavy (non-hydrogen) atoms. The third-order valence-electron chi connectivity index (χ3n) is 4.74. The minimum atomic E-state index is -0.381. The average Bonchev–Trinajstić information content (AvgIpc) is 2.60. The van der Waals surface area contributed by atoms with Gasteiger partial charge in [-0.25, -0.2) is 0 Å². The van der Waals surface area contributed by atoms with E-state index in [4.69, 9.17) is 21.1 Å². The summed E-state index contributed by atoms with van der Waals surface area (Å²) in [5.74, 6) is 0.638. The van der Waals surface area contributed by atoms with Crippen LogP contribution in [0.3, 0.4) is 0 Å². The third kappa shape index (κ3) is 6.87. The van der Waals surface area contributed by atoms with Crippen LogP contribution in [-0.2, 0) is 14.3 Å². The van der Waals surface area contributed by atoms with E-state index in [1.165, 1.54) is 6.42 Å². The van der Waals surface area contributed by atoms with Gasteiger partial charge >= 0.3 is 5.97 Å². The Kier molecular flexibility index (Phi) is 8.23. The molecule has 1 aromatic carbocycles. The molecule has 1 saturated carbocycles. The van der Waals surface area contributed by atoms with Gasteiger partial charge < -0.3 is 14.8 Å². The van der Waals surface area contributed by atoms with Crippen molar-refractivity contribution in [2.75, 3.05) is 13.2 Å². The van der Waals surface area contributed by atoms with E-state index < -0.39 is 0 Å². The smallest absolute Gasteiger partial charge is 0.306 e. The number of ether oxygens (including phenoxy) is 2. The summed E-state index contributed by atoms with van der Waals surface area (Å²) in [5, 5.41) is 3.64. The molecule has 1 aliphatic carbocycles. The minimum Gasteiger partial charge on any atom is -0.493 e. The number of amides is 1. The van der Waals surface area contributed by atoms with Gasteiger partial charge in [0.05, 0.1) is 6.61 Å². The summed E-state index contributed by atoms with van der Waals surface area (Å²) in [4.78, 5) is 23.7. The van der Waals surface area contributed by atoms with Gasteiger partial charge in [0.15, 0.2) is 6.61 Å². The summed E-state index contributed by atoms with van der Waals surface area (Å²) in [5.41, 5.74) is 0.952. The molecule has 144 valence electrons. The Morgan fingerprint density at radius 3 is 2.77 bits per heavy atom. The first-order chi connectivity index (χ1) is 12.5. The van der Waals surface area contributed by atoms with Crippen molar-refractivity contribution in [2.24, 2.45) is 5.92 Å². The van der Waals surface area contributed by atoms with Crippen molar-refractivity contribution in [1.29, 1.82) is 0 Å². The minimum absolute atomic E-state index is 0.200. The van der Waals surface area contributed by atoms with Gasteiger partial charge in [0.2, 0.25) is 0 Å². The average molecular weight is 382 g/mol. The van der Waals surface area contributed by atoms with Crippen molar-refractivity contribution in [3.63, 3.8) is 0 Å². The second-order valence-corrected chi connectivity index (χ2v) is 7.39. The van der Waals surface area contributed by atoms with Gasteiger partial charge in [-0.1, -0.05) is 31.4 Å². The summed E-state index contributed by atoms with van der Waals surface area (Å²) in [6, 6.07) is 5.61. The number of nitrogens with one attached hydrogen (secondary N) is 1. The lowest BCUT2D eigenvalue weighted by Crippen LogP contribution is -2.42. The largest absolute Gasteiger partial charge is 0.493 e. The van der Waals surface area contributed by atoms with Gasteiger partial charge in [0.1, 0.15) is 5.75 Å². The van der Waals surface area contributed by atoms with E-state index in [2.05, 4.69) is 12.2 Å². The number of esters is 1. The Labute approximate surface area is 160 Å². The van der Waals surface area contributed by atoms with Crippen LogP contribution < -0.4 is 10.1 Å². The predicted octanol–water partition coefficient (Wildman–Crippen LogP) is 4.05. The van der Waals surface area contributed by atoms with Gasteiger partial charge in [0.25, 0.3) is 5.91 Å². The lowest BCUT2D eigenvalue weighted by Gasteiger charge is -2.29. The molecule has 1 fully saturated rings. The monoisotopic (exact) mass is 381 g/mol. The molecule has 0 aromatic heterocycles. The number of carbonyl (C=O) groups is 2. The van der Waals surface area contributed by atoms with Crippen molar-refractivity contribution in [1.82, 2.24) is 5.32 Å². The van der Waals surface area contributed by atoms with Crippen LogP contribution in [0.4, 0.5) is 0 Å². The summed E-state index contributed by atoms with van der Waals surface area (Å²) in [7, 11) is 0. The van der Waals surface area contributed by atoms with Crippen LogP contribution in [0.1, 0.15) is 51.0 Å². The summed E-state index contributed by atoms with van der Waals surface area (Å²) >= 11 is 5.90. The van der Waals surface area contributed by atoms with E-state index in [9.17, 15) is 9.59 Å². The number of carbonyl (C=O) groups excluding carboxylic acids is 2. The first-order valence-corrected chi connectivity index (χ1v) is 9.67. The van der Waals surface area contributed by atoms with Crippen molar-refractivity contribution in [2.45, 2.75) is 58.4 Å². The maximum Gasteiger partial charge on any atom is 0.306 e. The number of benzene rings is 1. The van der Waals surface area contributed by atoms with Crippen molar-refractivity contribution in [3.05, 3.63) is 28.8 Å². The summed E-state index contributed by atoms with van der Waals surface area (Å²) < 4.78 is 10.7. The van der Waals surface area contributed by atoms with Crippen molar-refractivity contribution < 1.29 is 19.1 Å². The molecule has 0 bridgehead atoms. The third-order valence-corrected chi connectivity index (χ3v) is 4.98. The molecular weight excluding hydrogens is 354 g/mol. The number of halogens is 1. The van der Waals surface area contributed by atoms with E-state index >= 15 is 0 Å². The van der Waals surface area contributed by atoms with E-state index in [1.807, 2.05) is 19.1 Å². The van der Waals surface area contributed by atoms with E-state index in [0.29, 0.717) is 24.0 Å². The Balaban J connectivity index is 1.59. The van der Waals surface area contributed by atoms with Crippen LogP contribution in [0.5, 0.6) is 5.75 Å². The van der Waals surface area contributed by atoms with Crippen LogP contribution >= 0.6 is 11.6 Å². The Bertz CT molecular complexity index is 620. The second kappa shape index (κ2) is 10.4. The van der Waals surface area contributed by atoms with Crippen LogP contribution in [0, 0.1) is 12.8 Å². The Morgan fingerprint density at radius 2 is 2.04 bits per heavy atom. The highest BCUT2D eigenvalue weighted by Crippen LogP contribution is 2.23. The standard InChI is InChI=1S/C20H28ClNO4/c1-14-6-3-4-7-17(14)22-19(23)13-26-20(24)8-5-11-25-18-10-9-16(21)12-15(18)2/h9-10,12,14,17H,3-8,11,13H2,1-2H3,(H,22,23)/t14-,17+/m0/s1. The summed E-state index contributed by atoms with van der Waals surface area (Å²) in [6.45, 7) is 4.27. The molecule has 1 amide bonds. The first-order valence-electron chi connectivity index (χ1n) is 9.29. The van der Waals surface area contributed by atoms with Gasteiger partial charge in [-0.05, 0) is 55.9 Å². The molecule has 5 nitrogen and oxygen atoms in total. The molecule has 0 heterocycles. The zero-order valence-electron chi connectivity index (χ0n) is 15.6. The van der Waals surface area contributed by atoms with Crippen molar-refractivity contribution >= 4 is 23.5 Å². The normalized spacial score (nSPS) is 19.7. The van der Waals surface area contributed by atoms with Crippen LogP contribution in [0.25, 0.3) is 0 Å². The summed E-state index contributed by atoms with van der Waals surface area (Å²) in [6.07, 6.45) is 5.25. The van der Waals surface area contributed by atoms with Gasteiger partial charge in [-0.3, -0.25) is 9.59 Å². The lowest BCUT2D eigenvalue weighted by molar-refractivity contribution is -0.149. The van der Waals surface area contributed by atoms with Crippen LogP contribution in [0.15, 0.2) is 18.2 Å². The van der Waals surface area contributed by atoms with Crippen LogP contribution in [-0.4, -0.2) is 31.1 Å². The quantitative estimate of drug-likeness (QED) is 0.545.